The summed E-state index contributed by atoms with van der Waals surface area (Å²) in [4.78, 5) is 29.6. The summed E-state index contributed by atoms with van der Waals surface area (Å²) in [5.74, 6) is -9.71. The van der Waals surface area contributed by atoms with Gasteiger partial charge in [-0.3, -0.25) is 19.3 Å². The number of nitrogens with one attached hydrogen (secondary N) is 1. The molecule has 2 aromatic carbocycles. The minimum absolute atomic E-state index is 0.0626. The Morgan fingerprint density at radius 1 is 1.07 bits per heavy atom. The maximum atomic E-state index is 14.9. The van der Waals surface area contributed by atoms with E-state index in [1.54, 1.807) is 0 Å². The van der Waals surface area contributed by atoms with Crippen LogP contribution in [-0.2, 0) is 29.9 Å². The molecule has 2 aliphatic rings. The first-order valence-electron chi connectivity index (χ1n) is 14.0. The number of nitrogens with two attached hydrogens (primary N) is 1. The normalized spacial score (nSPS) is 18.8. The molecule has 2 heterocycles. The number of nitrogens with zero attached hydrogens (tertiary/aromatic N) is 3. The van der Waals surface area contributed by atoms with Crippen molar-refractivity contribution in [3.8, 4) is 11.1 Å². The molecule has 2 amide bonds. The minimum atomic E-state index is -5.21. The van der Waals surface area contributed by atoms with Crippen molar-refractivity contribution >= 4 is 11.8 Å². The zero-order chi connectivity index (χ0) is 33.1. The van der Waals surface area contributed by atoms with Crippen LogP contribution in [0.5, 0.6) is 0 Å². The highest BCUT2D eigenvalue weighted by Gasteiger charge is 2.60. The topological polar surface area (TPSA) is 103 Å². The number of pyridine rings is 1. The fraction of sp³-hybridized carbons (Fsp3) is 0.290. The van der Waals surface area contributed by atoms with Crippen LogP contribution in [0.3, 0.4) is 0 Å². The molecular formula is C31H23F8N5O2. The van der Waals surface area contributed by atoms with Crippen LogP contribution in [0.1, 0.15) is 63.4 Å². The third kappa shape index (κ3) is 5.93. The lowest BCUT2D eigenvalue weighted by atomic mass is 9.91. The number of carbonyl (C=O) groups excluding carboxylic acids is 2. The molecule has 4 aromatic rings. The number of halogens is 8. The smallest absolute Gasteiger partial charge is 0.366 e. The zero-order valence-corrected chi connectivity index (χ0v) is 23.5. The van der Waals surface area contributed by atoms with Crippen LogP contribution in [-0.4, -0.2) is 26.6 Å². The van der Waals surface area contributed by atoms with Crippen LogP contribution >= 0.6 is 0 Å². The Kier molecular flexibility index (Phi) is 7.60. The standard InChI is InChI=1S/C31H23F8N5O2/c32-17-6-14(7-18(33)11-17)8-23(26-19(2-1-5-41-26)15-3-4-22(34)21(9-15)29(40)46)42-24(45)13-44-27-20-10-16(20)12-30(35,36)25(27)28(43-44)31(37,38)39/h1-7,9,11,16,20,23H,8,10,12-13H2,(H2,40,46)(H,42,45). The van der Waals surface area contributed by atoms with Gasteiger partial charge in [0.1, 0.15) is 24.0 Å². The number of primary amides is 1. The van der Waals surface area contributed by atoms with Crippen LogP contribution in [0.2, 0.25) is 0 Å². The third-order valence-electron chi connectivity index (χ3n) is 8.12. The minimum Gasteiger partial charge on any atom is -0.366 e. The summed E-state index contributed by atoms with van der Waals surface area (Å²) < 4.78 is 114. The fourth-order valence-electron chi connectivity index (χ4n) is 6.15. The van der Waals surface area contributed by atoms with E-state index in [2.05, 4.69) is 15.4 Å². The Hall–Kier alpha value is -4.82. The van der Waals surface area contributed by atoms with Crippen molar-refractivity contribution in [1.29, 1.82) is 0 Å². The van der Waals surface area contributed by atoms with E-state index in [4.69, 9.17) is 5.73 Å². The molecule has 7 nitrogen and oxygen atoms in total. The molecule has 0 radical (unpaired) electrons. The third-order valence-corrected chi connectivity index (χ3v) is 8.12. The quantitative estimate of drug-likeness (QED) is 0.223. The summed E-state index contributed by atoms with van der Waals surface area (Å²) in [6.45, 7) is -0.879. The number of alkyl halides is 5. The van der Waals surface area contributed by atoms with Gasteiger partial charge >= 0.3 is 6.18 Å². The summed E-state index contributed by atoms with van der Waals surface area (Å²) in [7, 11) is 0. The molecule has 6 rings (SSSR count). The van der Waals surface area contributed by atoms with Gasteiger partial charge in [0.25, 0.3) is 11.8 Å². The highest BCUT2D eigenvalue weighted by atomic mass is 19.4. The lowest BCUT2D eigenvalue weighted by molar-refractivity contribution is -0.146. The van der Waals surface area contributed by atoms with E-state index in [1.165, 1.54) is 24.4 Å². The Balaban J connectivity index is 1.39. The van der Waals surface area contributed by atoms with E-state index in [0.717, 1.165) is 24.3 Å². The highest BCUT2D eigenvalue weighted by molar-refractivity contribution is 5.94. The fourth-order valence-corrected chi connectivity index (χ4v) is 6.15. The second kappa shape index (κ2) is 11.2. The van der Waals surface area contributed by atoms with Crippen molar-refractivity contribution in [3.63, 3.8) is 0 Å². The van der Waals surface area contributed by atoms with Gasteiger partial charge in [0.05, 0.1) is 28.6 Å². The van der Waals surface area contributed by atoms with Gasteiger partial charge in [-0.05, 0) is 60.2 Å². The Bertz CT molecular complexity index is 1850. The summed E-state index contributed by atoms with van der Waals surface area (Å²) in [5.41, 5.74) is 2.13. The lowest BCUT2D eigenvalue weighted by Crippen LogP contribution is -2.34. The van der Waals surface area contributed by atoms with Gasteiger partial charge in [0, 0.05) is 30.2 Å². The van der Waals surface area contributed by atoms with E-state index >= 15 is 0 Å². The Morgan fingerprint density at radius 3 is 2.46 bits per heavy atom. The zero-order valence-electron chi connectivity index (χ0n) is 23.5. The molecule has 3 atom stereocenters. The molecule has 3 N–H and O–H groups in total. The van der Waals surface area contributed by atoms with Gasteiger partial charge in [-0.15, -0.1) is 0 Å². The maximum Gasteiger partial charge on any atom is 0.435 e. The van der Waals surface area contributed by atoms with Gasteiger partial charge in [-0.1, -0.05) is 12.1 Å². The molecule has 0 bridgehead atoms. The van der Waals surface area contributed by atoms with Gasteiger partial charge in [0.15, 0.2) is 5.69 Å². The average Bonchev–Trinajstić information content (AvgIpc) is 3.59. The average molecular weight is 650 g/mol. The molecule has 2 aromatic heterocycles. The number of amides is 2. The second-order valence-electron chi connectivity index (χ2n) is 11.4. The Labute approximate surface area is 255 Å². The molecule has 1 fully saturated rings. The first-order chi connectivity index (χ1) is 21.6. The first kappa shape index (κ1) is 31.2. The van der Waals surface area contributed by atoms with Crippen molar-refractivity contribution < 1.29 is 44.7 Å². The van der Waals surface area contributed by atoms with Crippen molar-refractivity contribution in [1.82, 2.24) is 20.1 Å². The largest absolute Gasteiger partial charge is 0.435 e. The van der Waals surface area contributed by atoms with Crippen LogP contribution in [0.15, 0.2) is 54.7 Å². The SMILES string of the molecule is NC(=O)c1cc(-c2cccnc2C(Cc2cc(F)cc(F)c2)NC(=O)Cn2nc(C(F)(F)F)c3c2C2CC2CC3(F)F)ccc1F. The number of hydrogen-bond acceptors (Lipinski definition) is 4. The van der Waals surface area contributed by atoms with E-state index in [-0.39, 0.29) is 40.9 Å². The number of hydrogen-bond donors (Lipinski definition) is 2. The van der Waals surface area contributed by atoms with Crippen molar-refractivity contribution in [2.75, 3.05) is 0 Å². The second-order valence-corrected chi connectivity index (χ2v) is 11.4. The highest BCUT2D eigenvalue weighted by Crippen LogP contribution is 2.62. The number of fused-ring (bicyclic) bond motifs is 3. The van der Waals surface area contributed by atoms with Crippen molar-refractivity contribution in [2.24, 2.45) is 11.7 Å². The predicted molar refractivity (Wildman–Crippen MR) is 146 cm³/mol. The molecule has 0 spiro atoms. The molecular weight excluding hydrogens is 626 g/mol. The van der Waals surface area contributed by atoms with Crippen LogP contribution < -0.4 is 11.1 Å². The number of rotatable bonds is 8. The molecule has 46 heavy (non-hydrogen) atoms. The maximum absolute atomic E-state index is 14.9. The molecule has 3 unspecified atom stereocenters. The summed E-state index contributed by atoms with van der Waals surface area (Å²) in [6, 6.07) is 7.88. The van der Waals surface area contributed by atoms with Crippen LogP contribution in [0.4, 0.5) is 35.1 Å². The van der Waals surface area contributed by atoms with Gasteiger partial charge < -0.3 is 11.1 Å². The van der Waals surface area contributed by atoms with Crippen LogP contribution in [0, 0.1) is 23.4 Å². The number of aromatic nitrogens is 3. The number of carbonyl (C=O) groups is 2. The van der Waals surface area contributed by atoms with Gasteiger partial charge in [-0.25, -0.2) is 22.0 Å². The Morgan fingerprint density at radius 2 is 1.78 bits per heavy atom. The number of benzene rings is 2. The van der Waals surface area contributed by atoms with Crippen molar-refractivity contribution in [3.05, 3.63) is 106 Å². The summed E-state index contributed by atoms with van der Waals surface area (Å²) in [6.07, 6.45) is -4.69. The summed E-state index contributed by atoms with van der Waals surface area (Å²) >= 11 is 0. The molecule has 240 valence electrons. The molecule has 15 heteroatoms. The van der Waals surface area contributed by atoms with Gasteiger partial charge in [0.2, 0.25) is 5.91 Å². The van der Waals surface area contributed by atoms with E-state index in [9.17, 15) is 44.7 Å². The molecule has 1 saturated carbocycles. The van der Waals surface area contributed by atoms with E-state index in [1.807, 2.05) is 0 Å². The van der Waals surface area contributed by atoms with E-state index < -0.39 is 89.0 Å². The summed E-state index contributed by atoms with van der Waals surface area (Å²) in [5, 5.41) is 6.01. The van der Waals surface area contributed by atoms with Gasteiger partial charge in [-0.2, -0.15) is 18.3 Å². The monoisotopic (exact) mass is 649 g/mol. The molecule has 0 saturated heterocycles. The predicted octanol–water partition coefficient (Wildman–Crippen LogP) is 6.18. The lowest BCUT2D eigenvalue weighted by Gasteiger charge is -2.24. The van der Waals surface area contributed by atoms with Crippen molar-refractivity contribution in [2.45, 2.75) is 49.9 Å². The van der Waals surface area contributed by atoms with E-state index in [0.29, 0.717) is 10.7 Å². The van der Waals surface area contributed by atoms with Crippen LogP contribution in [0.25, 0.3) is 11.1 Å². The molecule has 0 aliphatic heterocycles. The first-order valence-corrected chi connectivity index (χ1v) is 14.0. The molecule has 2 aliphatic carbocycles.